The van der Waals surface area contributed by atoms with Crippen molar-refractivity contribution < 1.29 is 14.6 Å². The van der Waals surface area contributed by atoms with E-state index >= 15 is 0 Å². The van der Waals surface area contributed by atoms with Crippen LogP contribution in [0.1, 0.15) is 16.1 Å². The molecule has 0 aliphatic carbocycles. The highest BCUT2D eigenvalue weighted by molar-refractivity contribution is 5.90. The van der Waals surface area contributed by atoms with Gasteiger partial charge < -0.3 is 15.6 Å². The Balaban J connectivity index is 2.94. The number of aryl methyl sites for hydroxylation is 1. The molecule has 6 heteroatoms. The zero-order valence-corrected chi connectivity index (χ0v) is 8.80. The number of hydrogen-bond acceptors (Lipinski definition) is 5. The predicted octanol–water partition coefficient (Wildman–Crippen LogP) is -0.931. The molecule has 0 spiro atoms. The highest BCUT2D eigenvalue weighted by atomic mass is 16.5. The first-order valence-electron chi connectivity index (χ1n) is 4.57. The van der Waals surface area contributed by atoms with Crippen molar-refractivity contribution >= 4 is 5.97 Å². The second-order valence-corrected chi connectivity index (χ2v) is 3.21. The summed E-state index contributed by atoms with van der Waals surface area (Å²) in [4.78, 5) is 11.3. The first kappa shape index (κ1) is 11.7. The van der Waals surface area contributed by atoms with Gasteiger partial charge in [-0.3, -0.25) is 4.68 Å². The van der Waals surface area contributed by atoms with Crippen LogP contribution < -0.4 is 5.73 Å². The third-order valence-electron chi connectivity index (χ3n) is 2.17. The molecule has 1 unspecified atom stereocenters. The van der Waals surface area contributed by atoms with E-state index in [1.807, 2.05) is 0 Å². The molecule has 0 bridgehead atoms. The van der Waals surface area contributed by atoms with Gasteiger partial charge >= 0.3 is 5.97 Å². The summed E-state index contributed by atoms with van der Waals surface area (Å²) in [6.07, 6.45) is 1.03. The van der Waals surface area contributed by atoms with Crippen molar-refractivity contribution in [2.45, 2.75) is 12.5 Å². The van der Waals surface area contributed by atoms with Gasteiger partial charge in [-0.2, -0.15) is 5.10 Å². The summed E-state index contributed by atoms with van der Waals surface area (Å²) in [5, 5.41) is 13.4. The molecule has 0 aliphatic heterocycles. The number of ether oxygens (including phenoxy) is 1. The number of rotatable bonds is 4. The van der Waals surface area contributed by atoms with Gasteiger partial charge in [0, 0.05) is 20.0 Å². The van der Waals surface area contributed by atoms with Crippen LogP contribution in [0, 0.1) is 0 Å². The molecule has 0 aliphatic rings. The van der Waals surface area contributed by atoms with Crippen molar-refractivity contribution in [3.05, 3.63) is 17.5 Å². The molecule has 0 saturated carbocycles. The molecule has 6 nitrogen and oxygen atoms in total. The number of methoxy groups -OCH3 is 1. The molecule has 0 amide bonds. The number of aromatic nitrogens is 2. The third kappa shape index (κ3) is 2.54. The van der Waals surface area contributed by atoms with Crippen molar-refractivity contribution in [2.75, 3.05) is 13.7 Å². The lowest BCUT2D eigenvalue weighted by atomic mass is 10.1. The summed E-state index contributed by atoms with van der Waals surface area (Å²) in [5.74, 6) is -0.456. The first-order chi connectivity index (χ1) is 7.10. The van der Waals surface area contributed by atoms with Crippen LogP contribution in [-0.4, -0.2) is 40.6 Å². The Morgan fingerprint density at radius 1 is 1.80 bits per heavy atom. The van der Waals surface area contributed by atoms with E-state index in [0.29, 0.717) is 11.3 Å². The maximum Gasteiger partial charge on any atom is 0.341 e. The zero-order valence-electron chi connectivity index (χ0n) is 8.80. The van der Waals surface area contributed by atoms with Crippen LogP contribution >= 0.6 is 0 Å². The van der Waals surface area contributed by atoms with Crippen LogP contribution in [0.25, 0.3) is 0 Å². The standard InChI is InChI=1S/C9H15N3O3/c1-12-8(3-6(13)4-10)7(5-11-12)9(14)15-2/h5-6,13H,3-4,10H2,1-2H3. The molecular weight excluding hydrogens is 198 g/mol. The molecule has 1 rings (SSSR count). The fraction of sp³-hybridized carbons (Fsp3) is 0.556. The topological polar surface area (TPSA) is 90.4 Å². The number of aliphatic hydroxyl groups is 1. The molecule has 15 heavy (non-hydrogen) atoms. The number of nitrogens with zero attached hydrogens (tertiary/aromatic N) is 2. The quantitative estimate of drug-likeness (QED) is 0.630. The fourth-order valence-electron chi connectivity index (χ4n) is 1.29. The monoisotopic (exact) mass is 213 g/mol. The van der Waals surface area contributed by atoms with E-state index in [4.69, 9.17) is 5.73 Å². The number of carbonyl (C=O) groups excluding carboxylic acids is 1. The highest BCUT2D eigenvalue weighted by Crippen LogP contribution is 2.11. The second-order valence-electron chi connectivity index (χ2n) is 3.21. The summed E-state index contributed by atoms with van der Waals surface area (Å²) in [6, 6.07) is 0. The molecule has 0 fully saturated rings. The molecule has 1 atom stereocenters. The average molecular weight is 213 g/mol. The van der Waals surface area contributed by atoms with Gasteiger partial charge in [-0.25, -0.2) is 4.79 Å². The van der Waals surface area contributed by atoms with Crippen LogP contribution in [-0.2, 0) is 18.2 Å². The first-order valence-corrected chi connectivity index (χ1v) is 4.57. The molecule has 3 N–H and O–H groups in total. The van der Waals surface area contributed by atoms with Gasteiger partial charge in [0.2, 0.25) is 0 Å². The Kier molecular flexibility index (Phi) is 3.81. The van der Waals surface area contributed by atoms with Crippen LogP contribution in [0.4, 0.5) is 0 Å². The van der Waals surface area contributed by atoms with E-state index in [1.165, 1.54) is 18.0 Å². The molecule has 1 heterocycles. The smallest absolute Gasteiger partial charge is 0.341 e. The van der Waals surface area contributed by atoms with Gasteiger partial charge in [-0.15, -0.1) is 0 Å². The summed E-state index contributed by atoms with van der Waals surface area (Å²) in [7, 11) is 3.00. The third-order valence-corrected chi connectivity index (χ3v) is 2.17. The van der Waals surface area contributed by atoms with Gasteiger partial charge in [0.1, 0.15) is 5.56 Å². The minimum atomic E-state index is -0.677. The number of aliphatic hydroxyl groups excluding tert-OH is 1. The molecule has 84 valence electrons. The minimum Gasteiger partial charge on any atom is -0.465 e. The van der Waals surface area contributed by atoms with E-state index in [0.717, 1.165) is 0 Å². The maximum atomic E-state index is 11.3. The van der Waals surface area contributed by atoms with E-state index < -0.39 is 12.1 Å². The zero-order chi connectivity index (χ0) is 11.4. The lowest BCUT2D eigenvalue weighted by molar-refractivity contribution is 0.0598. The van der Waals surface area contributed by atoms with E-state index in [9.17, 15) is 9.90 Å². The number of hydrogen-bond donors (Lipinski definition) is 2. The van der Waals surface area contributed by atoms with Crippen molar-refractivity contribution in [1.29, 1.82) is 0 Å². The molecule has 0 radical (unpaired) electrons. The van der Waals surface area contributed by atoms with Crippen molar-refractivity contribution in [2.24, 2.45) is 12.8 Å². The number of esters is 1. The minimum absolute atomic E-state index is 0.145. The Labute approximate surface area is 87.6 Å². The number of carbonyl (C=O) groups is 1. The largest absolute Gasteiger partial charge is 0.465 e. The van der Waals surface area contributed by atoms with E-state index in [2.05, 4.69) is 9.84 Å². The summed E-state index contributed by atoms with van der Waals surface area (Å²) in [5.41, 5.74) is 6.29. The Morgan fingerprint density at radius 2 is 2.47 bits per heavy atom. The van der Waals surface area contributed by atoms with Crippen molar-refractivity contribution in [1.82, 2.24) is 9.78 Å². The summed E-state index contributed by atoms with van der Waals surface area (Å²) < 4.78 is 6.13. The van der Waals surface area contributed by atoms with Crippen LogP contribution in [0.15, 0.2) is 6.20 Å². The second kappa shape index (κ2) is 4.90. The normalized spacial score (nSPS) is 12.5. The molecule has 1 aromatic heterocycles. The fourth-order valence-corrected chi connectivity index (χ4v) is 1.29. The average Bonchev–Trinajstić information content (AvgIpc) is 2.59. The molecular formula is C9H15N3O3. The lowest BCUT2D eigenvalue weighted by Crippen LogP contribution is -2.24. The SMILES string of the molecule is COC(=O)c1cnn(C)c1CC(O)CN. The predicted molar refractivity (Wildman–Crippen MR) is 53.3 cm³/mol. The lowest BCUT2D eigenvalue weighted by Gasteiger charge is -2.09. The van der Waals surface area contributed by atoms with Gasteiger partial charge in [-0.05, 0) is 0 Å². The summed E-state index contributed by atoms with van der Waals surface area (Å²) in [6.45, 7) is 0.145. The van der Waals surface area contributed by atoms with Crippen molar-refractivity contribution in [3.63, 3.8) is 0 Å². The maximum absolute atomic E-state index is 11.3. The highest BCUT2D eigenvalue weighted by Gasteiger charge is 2.18. The molecule has 0 aromatic carbocycles. The van der Waals surface area contributed by atoms with Gasteiger partial charge in [0.05, 0.1) is 25.1 Å². The summed E-state index contributed by atoms with van der Waals surface area (Å²) >= 11 is 0. The van der Waals surface area contributed by atoms with Crippen LogP contribution in [0.5, 0.6) is 0 Å². The van der Waals surface area contributed by atoms with Crippen LogP contribution in [0.2, 0.25) is 0 Å². The molecule has 1 aromatic rings. The van der Waals surface area contributed by atoms with Gasteiger partial charge in [0.25, 0.3) is 0 Å². The Hall–Kier alpha value is -1.40. The van der Waals surface area contributed by atoms with E-state index in [-0.39, 0.29) is 13.0 Å². The van der Waals surface area contributed by atoms with E-state index in [1.54, 1.807) is 7.05 Å². The molecule has 0 saturated heterocycles. The number of nitrogens with two attached hydrogens (primary N) is 1. The Morgan fingerprint density at radius 3 is 3.00 bits per heavy atom. The van der Waals surface area contributed by atoms with Gasteiger partial charge in [0.15, 0.2) is 0 Å². The Bertz CT molecular complexity index is 348. The van der Waals surface area contributed by atoms with Crippen LogP contribution in [0.3, 0.4) is 0 Å². The van der Waals surface area contributed by atoms with Crippen molar-refractivity contribution in [3.8, 4) is 0 Å². The van der Waals surface area contributed by atoms with Gasteiger partial charge in [-0.1, -0.05) is 0 Å².